The van der Waals surface area contributed by atoms with Crippen LogP contribution in [0.3, 0.4) is 0 Å². The molecule has 0 spiro atoms. The highest BCUT2D eigenvalue weighted by Crippen LogP contribution is 2.41. The van der Waals surface area contributed by atoms with E-state index < -0.39 is 0 Å². The summed E-state index contributed by atoms with van der Waals surface area (Å²) in [6.07, 6.45) is 8.06. The second kappa shape index (κ2) is 4.95. The largest absolute Gasteiger partial charge is 0.299 e. The van der Waals surface area contributed by atoms with E-state index in [1.54, 1.807) is 0 Å². The Morgan fingerprint density at radius 1 is 1.36 bits per heavy atom. The molecule has 1 atom stereocenters. The van der Waals surface area contributed by atoms with E-state index in [2.05, 4.69) is 20.8 Å². The highest BCUT2D eigenvalue weighted by atomic mass is 16.1. The first kappa shape index (κ1) is 11.7. The Morgan fingerprint density at radius 2 is 2.07 bits per heavy atom. The molecule has 14 heavy (non-hydrogen) atoms. The van der Waals surface area contributed by atoms with Gasteiger partial charge in [-0.05, 0) is 24.7 Å². The Balaban J connectivity index is 2.48. The molecule has 0 N–H and O–H groups in total. The number of hydrogen-bond acceptors (Lipinski definition) is 1. The van der Waals surface area contributed by atoms with Gasteiger partial charge in [0.25, 0.3) is 0 Å². The fraction of sp³-hybridized carbons (Fsp3) is 0.923. The Hall–Kier alpha value is -0.330. The van der Waals surface area contributed by atoms with Crippen molar-refractivity contribution < 1.29 is 4.79 Å². The van der Waals surface area contributed by atoms with E-state index in [9.17, 15) is 4.79 Å². The Bertz CT molecular complexity index is 193. The summed E-state index contributed by atoms with van der Waals surface area (Å²) in [5.74, 6) is 0.875. The predicted molar refractivity (Wildman–Crippen MR) is 60.3 cm³/mol. The maximum Gasteiger partial charge on any atom is 0.136 e. The molecular weight excluding hydrogens is 172 g/mol. The topological polar surface area (TPSA) is 17.1 Å². The number of unbranched alkanes of at least 4 members (excludes halogenated alkanes) is 2. The third-order valence-electron chi connectivity index (χ3n) is 3.67. The molecule has 0 bridgehead atoms. The molecule has 1 saturated carbocycles. The van der Waals surface area contributed by atoms with Crippen LogP contribution in [-0.2, 0) is 4.79 Å². The van der Waals surface area contributed by atoms with Crippen LogP contribution in [-0.4, -0.2) is 5.78 Å². The van der Waals surface area contributed by atoms with Gasteiger partial charge in [0.15, 0.2) is 0 Å². The minimum Gasteiger partial charge on any atom is -0.299 e. The molecule has 1 nitrogen and oxygen atoms in total. The molecule has 0 aromatic heterocycles. The first-order valence-electron chi connectivity index (χ1n) is 6.10. The molecule has 1 fully saturated rings. The lowest BCUT2D eigenvalue weighted by atomic mass is 9.66. The van der Waals surface area contributed by atoms with Gasteiger partial charge in [-0.15, -0.1) is 0 Å². The number of rotatable bonds is 4. The van der Waals surface area contributed by atoms with Gasteiger partial charge in [-0.3, -0.25) is 4.79 Å². The van der Waals surface area contributed by atoms with Gasteiger partial charge in [0.05, 0.1) is 0 Å². The van der Waals surface area contributed by atoms with Crippen molar-refractivity contribution in [1.29, 1.82) is 0 Å². The first-order chi connectivity index (χ1) is 6.58. The van der Waals surface area contributed by atoms with Gasteiger partial charge in [0.2, 0.25) is 0 Å². The zero-order valence-electron chi connectivity index (χ0n) is 9.94. The van der Waals surface area contributed by atoms with Crippen LogP contribution in [0.4, 0.5) is 0 Å². The lowest BCUT2D eigenvalue weighted by Gasteiger charge is -2.37. The molecule has 0 aromatic carbocycles. The minimum absolute atomic E-state index is 0.267. The van der Waals surface area contributed by atoms with Crippen molar-refractivity contribution in [1.82, 2.24) is 0 Å². The highest BCUT2D eigenvalue weighted by molar-refractivity contribution is 5.82. The summed E-state index contributed by atoms with van der Waals surface area (Å²) >= 11 is 0. The zero-order valence-corrected chi connectivity index (χ0v) is 9.94. The lowest BCUT2D eigenvalue weighted by molar-refractivity contribution is -0.129. The van der Waals surface area contributed by atoms with Gasteiger partial charge in [-0.25, -0.2) is 0 Å². The summed E-state index contributed by atoms with van der Waals surface area (Å²) in [5.41, 5.74) is 0.267. The van der Waals surface area contributed by atoms with Crippen LogP contribution in [0.1, 0.15) is 65.7 Å². The number of carbonyl (C=O) groups is 1. The van der Waals surface area contributed by atoms with Crippen LogP contribution < -0.4 is 0 Å². The van der Waals surface area contributed by atoms with E-state index in [0.29, 0.717) is 11.7 Å². The van der Waals surface area contributed by atoms with E-state index >= 15 is 0 Å². The first-order valence-corrected chi connectivity index (χ1v) is 6.10. The number of ketones is 1. The molecule has 1 heteroatoms. The van der Waals surface area contributed by atoms with E-state index in [1.807, 2.05) is 0 Å². The van der Waals surface area contributed by atoms with Gasteiger partial charge < -0.3 is 0 Å². The number of Topliss-reactive ketones (excluding diaryl/α,β-unsaturated/α-hetero) is 1. The van der Waals surface area contributed by atoms with Crippen LogP contribution in [0.5, 0.6) is 0 Å². The average molecular weight is 196 g/mol. The minimum atomic E-state index is 0.267. The van der Waals surface area contributed by atoms with E-state index in [4.69, 9.17) is 0 Å². The molecule has 1 rings (SSSR count). The molecule has 0 unspecified atom stereocenters. The van der Waals surface area contributed by atoms with Gasteiger partial charge >= 0.3 is 0 Å². The monoisotopic (exact) mass is 196 g/mol. The molecule has 0 saturated heterocycles. The fourth-order valence-electron chi connectivity index (χ4n) is 2.65. The Kier molecular flexibility index (Phi) is 4.15. The van der Waals surface area contributed by atoms with Crippen LogP contribution in [0, 0.1) is 11.3 Å². The zero-order chi connectivity index (χ0) is 10.6. The molecule has 0 heterocycles. The van der Waals surface area contributed by atoms with E-state index in [1.165, 1.54) is 25.7 Å². The third-order valence-corrected chi connectivity index (χ3v) is 3.67. The van der Waals surface area contributed by atoms with Crippen LogP contribution in [0.25, 0.3) is 0 Å². The van der Waals surface area contributed by atoms with Gasteiger partial charge in [0.1, 0.15) is 5.78 Å². The standard InChI is InChI=1S/C13H24O/c1-4-5-6-8-11-12(14)9-7-10-13(11,2)3/h11H,4-10H2,1-3H3/t11-/m0/s1. The summed E-state index contributed by atoms with van der Waals surface area (Å²) < 4.78 is 0. The Morgan fingerprint density at radius 3 is 2.64 bits per heavy atom. The number of hydrogen-bond donors (Lipinski definition) is 0. The highest BCUT2D eigenvalue weighted by Gasteiger charge is 2.37. The summed E-state index contributed by atoms with van der Waals surface area (Å²) in [4.78, 5) is 11.8. The molecule has 1 aliphatic carbocycles. The van der Waals surface area contributed by atoms with Crippen molar-refractivity contribution in [3.63, 3.8) is 0 Å². The van der Waals surface area contributed by atoms with Gasteiger partial charge in [0, 0.05) is 12.3 Å². The van der Waals surface area contributed by atoms with Crippen molar-refractivity contribution in [2.75, 3.05) is 0 Å². The van der Waals surface area contributed by atoms with Crippen molar-refractivity contribution in [2.24, 2.45) is 11.3 Å². The van der Waals surface area contributed by atoms with Crippen LogP contribution >= 0.6 is 0 Å². The second-order valence-corrected chi connectivity index (χ2v) is 5.36. The molecule has 82 valence electrons. The maximum absolute atomic E-state index is 11.8. The maximum atomic E-state index is 11.8. The molecule has 0 aromatic rings. The quantitative estimate of drug-likeness (QED) is 0.622. The predicted octanol–water partition coefficient (Wildman–Crippen LogP) is 3.96. The summed E-state index contributed by atoms with van der Waals surface area (Å²) in [6, 6.07) is 0. The molecule has 0 radical (unpaired) electrons. The molecular formula is C13H24O. The second-order valence-electron chi connectivity index (χ2n) is 5.36. The van der Waals surface area contributed by atoms with Gasteiger partial charge in [-0.1, -0.05) is 40.0 Å². The summed E-state index contributed by atoms with van der Waals surface area (Å²) in [6.45, 7) is 6.75. The Labute approximate surface area is 88.3 Å². The molecule has 0 amide bonds. The molecule has 0 aliphatic heterocycles. The average Bonchev–Trinajstić information content (AvgIpc) is 2.09. The smallest absolute Gasteiger partial charge is 0.136 e. The van der Waals surface area contributed by atoms with E-state index in [0.717, 1.165) is 19.3 Å². The SMILES string of the molecule is CCCCC[C@H]1C(=O)CCCC1(C)C. The van der Waals surface area contributed by atoms with E-state index in [-0.39, 0.29) is 5.41 Å². The van der Waals surface area contributed by atoms with Gasteiger partial charge in [-0.2, -0.15) is 0 Å². The normalized spacial score (nSPS) is 26.5. The third kappa shape index (κ3) is 2.83. The number of carbonyl (C=O) groups excluding carboxylic acids is 1. The lowest BCUT2D eigenvalue weighted by Crippen LogP contribution is -2.35. The summed E-state index contributed by atoms with van der Waals surface area (Å²) in [5, 5.41) is 0. The van der Waals surface area contributed by atoms with Crippen molar-refractivity contribution in [3.05, 3.63) is 0 Å². The van der Waals surface area contributed by atoms with Crippen LogP contribution in [0.2, 0.25) is 0 Å². The van der Waals surface area contributed by atoms with Crippen molar-refractivity contribution in [2.45, 2.75) is 65.7 Å². The fourth-order valence-corrected chi connectivity index (χ4v) is 2.65. The molecule has 1 aliphatic rings. The van der Waals surface area contributed by atoms with Crippen molar-refractivity contribution >= 4 is 5.78 Å². The van der Waals surface area contributed by atoms with Crippen LogP contribution in [0.15, 0.2) is 0 Å². The van der Waals surface area contributed by atoms with Crippen molar-refractivity contribution in [3.8, 4) is 0 Å². The summed E-state index contributed by atoms with van der Waals surface area (Å²) in [7, 11) is 0.